The van der Waals surface area contributed by atoms with Gasteiger partial charge in [0.15, 0.2) is 0 Å². The van der Waals surface area contributed by atoms with Crippen molar-refractivity contribution in [3.63, 3.8) is 0 Å². The van der Waals surface area contributed by atoms with E-state index in [1.165, 1.54) is 25.7 Å². The van der Waals surface area contributed by atoms with Gasteiger partial charge in [0.1, 0.15) is 5.78 Å². The molecule has 0 aromatic heterocycles. The van der Waals surface area contributed by atoms with E-state index in [0.717, 1.165) is 37.8 Å². The van der Waals surface area contributed by atoms with Gasteiger partial charge in [-0.1, -0.05) is 6.42 Å². The number of Topliss-reactive ketones (excluding diaryl/α,β-unsaturated/α-hetero) is 1. The third kappa shape index (κ3) is 2.45. The summed E-state index contributed by atoms with van der Waals surface area (Å²) in [4.78, 5) is 25.9. The molecule has 2 unspecified atom stereocenters. The lowest BCUT2D eigenvalue weighted by atomic mass is 9.77. The van der Waals surface area contributed by atoms with Crippen molar-refractivity contribution in [1.29, 1.82) is 0 Å². The molecule has 1 saturated heterocycles. The van der Waals surface area contributed by atoms with E-state index in [9.17, 15) is 9.59 Å². The van der Waals surface area contributed by atoms with Gasteiger partial charge in [0.05, 0.1) is 0 Å². The molecule has 0 radical (unpaired) electrons. The summed E-state index contributed by atoms with van der Waals surface area (Å²) in [5.41, 5.74) is 0. The molecule has 0 aromatic rings. The number of nitrogens with zero attached hydrogens (tertiary/aromatic N) is 1. The minimum Gasteiger partial charge on any atom is -0.342 e. The summed E-state index contributed by atoms with van der Waals surface area (Å²) in [5, 5.41) is 0. The summed E-state index contributed by atoms with van der Waals surface area (Å²) >= 11 is 0. The number of hydrogen-bond donors (Lipinski definition) is 0. The maximum Gasteiger partial charge on any atom is 0.225 e. The second-order valence-corrected chi connectivity index (χ2v) is 6.45. The van der Waals surface area contributed by atoms with Crippen LogP contribution in [0.25, 0.3) is 0 Å². The molecule has 100 valence electrons. The standard InChI is InChI=1S/C15H23NO2/c17-14-6-4-13(5-7-14)15(18)16-9-11-2-1-3-12(8-11)10-16/h11-13H,1-10H2. The highest BCUT2D eigenvalue weighted by Gasteiger charge is 2.35. The predicted molar refractivity (Wildman–Crippen MR) is 69.0 cm³/mol. The minimum absolute atomic E-state index is 0.140. The zero-order chi connectivity index (χ0) is 12.5. The molecule has 1 heterocycles. The molecule has 0 spiro atoms. The van der Waals surface area contributed by atoms with E-state index >= 15 is 0 Å². The molecule has 18 heavy (non-hydrogen) atoms. The fourth-order valence-corrected chi connectivity index (χ4v) is 4.06. The number of amides is 1. The molecule has 2 bridgehead atoms. The number of fused-ring (bicyclic) bond motifs is 2. The first-order valence-electron chi connectivity index (χ1n) is 7.53. The Balaban J connectivity index is 1.60. The fourth-order valence-electron chi connectivity index (χ4n) is 4.06. The van der Waals surface area contributed by atoms with E-state index in [4.69, 9.17) is 0 Å². The maximum atomic E-state index is 12.5. The van der Waals surface area contributed by atoms with Crippen LogP contribution in [0.3, 0.4) is 0 Å². The van der Waals surface area contributed by atoms with Gasteiger partial charge in [-0.3, -0.25) is 9.59 Å². The van der Waals surface area contributed by atoms with E-state index in [-0.39, 0.29) is 5.92 Å². The van der Waals surface area contributed by atoms with Crippen molar-refractivity contribution in [3.05, 3.63) is 0 Å². The summed E-state index contributed by atoms with van der Waals surface area (Å²) < 4.78 is 0. The lowest BCUT2D eigenvalue weighted by Gasteiger charge is -2.42. The van der Waals surface area contributed by atoms with E-state index in [1.807, 2.05) is 0 Å². The minimum atomic E-state index is 0.140. The average molecular weight is 249 g/mol. The molecule has 2 aliphatic carbocycles. The largest absolute Gasteiger partial charge is 0.342 e. The van der Waals surface area contributed by atoms with Crippen molar-refractivity contribution < 1.29 is 9.59 Å². The van der Waals surface area contributed by atoms with E-state index in [2.05, 4.69) is 4.90 Å². The number of ketones is 1. The van der Waals surface area contributed by atoms with Crippen LogP contribution in [0, 0.1) is 17.8 Å². The average Bonchev–Trinajstić information content (AvgIpc) is 2.38. The van der Waals surface area contributed by atoms with E-state index in [1.54, 1.807) is 0 Å². The Morgan fingerprint density at radius 3 is 2.22 bits per heavy atom. The van der Waals surface area contributed by atoms with Crippen molar-refractivity contribution in [3.8, 4) is 0 Å². The SMILES string of the molecule is O=C1CCC(C(=O)N2CC3CCCC(C3)C2)CC1. The normalized spacial score (nSPS) is 33.6. The highest BCUT2D eigenvalue weighted by molar-refractivity contribution is 5.84. The van der Waals surface area contributed by atoms with Crippen molar-refractivity contribution in [2.24, 2.45) is 17.8 Å². The van der Waals surface area contributed by atoms with Gasteiger partial charge in [-0.25, -0.2) is 0 Å². The smallest absolute Gasteiger partial charge is 0.225 e. The molecule has 2 saturated carbocycles. The third-order valence-corrected chi connectivity index (χ3v) is 5.05. The Morgan fingerprint density at radius 1 is 1.00 bits per heavy atom. The molecular formula is C15H23NO2. The summed E-state index contributed by atoms with van der Waals surface area (Å²) in [6, 6.07) is 0. The summed E-state index contributed by atoms with van der Waals surface area (Å²) in [6.07, 6.45) is 8.15. The van der Waals surface area contributed by atoms with Crippen LogP contribution in [-0.2, 0) is 9.59 Å². The molecule has 3 heteroatoms. The Bertz CT molecular complexity index is 330. The number of likely N-dealkylation sites (tertiary alicyclic amines) is 1. The van der Waals surface area contributed by atoms with Crippen LogP contribution in [0.1, 0.15) is 51.4 Å². The highest BCUT2D eigenvalue weighted by Crippen LogP contribution is 2.35. The quantitative estimate of drug-likeness (QED) is 0.715. The van der Waals surface area contributed by atoms with Crippen LogP contribution in [0.2, 0.25) is 0 Å². The van der Waals surface area contributed by atoms with Gasteiger partial charge in [0.2, 0.25) is 5.91 Å². The van der Waals surface area contributed by atoms with Crippen LogP contribution in [0.5, 0.6) is 0 Å². The van der Waals surface area contributed by atoms with Crippen LogP contribution in [0.15, 0.2) is 0 Å². The fraction of sp³-hybridized carbons (Fsp3) is 0.867. The second kappa shape index (κ2) is 5.02. The second-order valence-electron chi connectivity index (χ2n) is 6.45. The van der Waals surface area contributed by atoms with Crippen LogP contribution >= 0.6 is 0 Å². The molecular weight excluding hydrogens is 226 g/mol. The van der Waals surface area contributed by atoms with Crippen LogP contribution in [0.4, 0.5) is 0 Å². The van der Waals surface area contributed by atoms with Crippen molar-refractivity contribution >= 4 is 11.7 Å². The number of carbonyl (C=O) groups excluding carboxylic acids is 2. The summed E-state index contributed by atoms with van der Waals surface area (Å²) in [6.45, 7) is 1.97. The molecule has 3 nitrogen and oxygen atoms in total. The van der Waals surface area contributed by atoms with Gasteiger partial charge in [-0.2, -0.15) is 0 Å². The van der Waals surface area contributed by atoms with Crippen LogP contribution in [-0.4, -0.2) is 29.7 Å². The highest BCUT2D eigenvalue weighted by atomic mass is 16.2. The molecule has 1 aliphatic heterocycles. The number of carbonyl (C=O) groups is 2. The number of piperidine rings is 1. The molecule has 0 aromatic carbocycles. The molecule has 2 atom stereocenters. The Kier molecular flexibility index (Phi) is 3.40. The lowest BCUT2D eigenvalue weighted by molar-refractivity contribution is -0.141. The van der Waals surface area contributed by atoms with E-state index in [0.29, 0.717) is 24.5 Å². The van der Waals surface area contributed by atoms with E-state index < -0.39 is 0 Å². The predicted octanol–water partition coefficient (Wildman–Crippen LogP) is 2.39. The Hall–Kier alpha value is -0.860. The van der Waals surface area contributed by atoms with Crippen molar-refractivity contribution in [2.75, 3.05) is 13.1 Å². The monoisotopic (exact) mass is 249 g/mol. The first-order chi connectivity index (χ1) is 8.72. The Labute approximate surface area is 109 Å². The molecule has 0 N–H and O–H groups in total. The summed E-state index contributed by atoms with van der Waals surface area (Å²) in [7, 11) is 0. The molecule has 3 rings (SSSR count). The van der Waals surface area contributed by atoms with Gasteiger partial charge >= 0.3 is 0 Å². The van der Waals surface area contributed by atoms with Gasteiger partial charge < -0.3 is 4.90 Å². The topological polar surface area (TPSA) is 37.4 Å². The first kappa shape index (κ1) is 12.2. The van der Waals surface area contributed by atoms with Gasteiger partial charge in [0.25, 0.3) is 0 Å². The molecule has 1 amide bonds. The summed E-state index contributed by atoms with van der Waals surface area (Å²) in [5.74, 6) is 2.34. The zero-order valence-electron chi connectivity index (χ0n) is 11.1. The maximum absolute atomic E-state index is 12.5. The van der Waals surface area contributed by atoms with Crippen molar-refractivity contribution in [2.45, 2.75) is 51.4 Å². The number of rotatable bonds is 1. The first-order valence-corrected chi connectivity index (χ1v) is 7.53. The lowest BCUT2D eigenvalue weighted by Crippen LogP contribution is -2.48. The van der Waals surface area contributed by atoms with Gasteiger partial charge in [-0.15, -0.1) is 0 Å². The molecule has 3 fully saturated rings. The van der Waals surface area contributed by atoms with Crippen LogP contribution < -0.4 is 0 Å². The zero-order valence-corrected chi connectivity index (χ0v) is 11.1. The van der Waals surface area contributed by atoms with Crippen molar-refractivity contribution in [1.82, 2.24) is 4.90 Å². The Morgan fingerprint density at radius 2 is 1.61 bits per heavy atom. The van der Waals surface area contributed by atoms with Gasteiger partial charge in [0, 0.05) is 31.8 Å². The third-order valence-electron chi connectivity index (χ3n) is 5.05. The molecule has 3 aliphatic rings. The van der Waals surface area contributed by atoms with Gasteiger partial charge in [-0.05, 0) is 43.9 Å². The number of hydrogen-bond acceptors (Lipinski definition) is 2.